The maximum Gasteiger partial charge on any atom is 0.138 e. The highest BCUT2D eigenvalue weighted by atomic mass is 35.5. The summed E-state index contributed by atoms with van der Waals surface area (Å²) < 4.78 is 10.9. The Labute approximate surface area is 108 Å². The normalized spacial score (nSPS) is 10.5. The van der Waals surface area contributed by atoms with E-state index in [2.05, 4.69) is 6.92 Å². The molecule has 4 heteroatoms. The van der Waals surface area contributed by atoms with Crippen LogP contribution in [0.5, 0.6) is 5.75 Å². The van der Waals surface area contributed by atoms with Crippen LogP contribution in [0, 0.1) is 0 Å². The van der Waals surface area contributed by atoms with E-state index in [0.717, 1.165) is 25.0 Å². The summed E-state index contributed by atoms with van der Waals surface area (Å²) in [5.74, 6) is 0.683. The summed E-state index contributed by atoms with van der Waals surface area (Å²) in [4.78, 5) is 0. The van der Waals surface area contributed by atoms with Gasteiger partial charge in [-0.1, -0.05) is 31.0 Å². The minimum atomic E-state index is 0.486. The van der Waals surface area contributed by atoms with E-state index >= 15 is 0 Å². The third-order valence-corrected chi connectivity index (χ3v) is 2.65. The second-order valence-corrected chi connectivity index (χ2v) is 4.19. The van der Waals surface area contributed by atoms with Gasteiger partial charge >= 0.3 is 0 Å². The third-order valence-electron chi connectivity index (χ3n) is 2.36. The van der Waals surface area contributed by atoms with Crippen molar-refractivity contribution in [1.29, 1.82) is 0 Å². The van der Waals surface area contributed by atoms with Crippen LogP contribution in [0.2, 0.25) is 5.02 Å². The van der Waals surface area contributed by atoms with Crippen molar-refractivity contribution in [3.05, 3.63) is 28.8 Å². The molecule has 1 rings (SSSR count). The first-order chi connectivity index (χ1) is 8.27. The van der Waals surface area contributed by atoms with Gasteiger partial charge in [0.15, 0.2) is 0 Å². The lowest BCUT2D eigenvalue weighted by Crippen LogP contribution is -2.08. The highest BCUT2D eigenvalue weighted by Gasteiger charge is 2.02. The number of halogens is 1. The maximum absolute atomic E-state index is 6.05. The smallest absolute Gasteiger partial charge is 0.138 e. The van der Waals surface area contributed by atoms with Gasteiger partial charge in [-0.25, -0.2) is 0 Å². The van der Waals surface area contributed by atoms with Gasteiger partial charge in [0.25, 0.3) is 0 Å². The summed E-state index contributed by atoms with van der Waals surface area (Å²) in [7, 11) is 0. The van der Waals surface area contributed by atoms with Crippen molar-refractivity contribution in [2.45, 2.75) is 26.3 Å². The second-order valence-electron chi connectivity index (χ2n) is 3.78. The van der Waals surface area contributed by atoms with Gasteiger partial charge in [0.2, 0.25) is 0 Å². The lowest BCUT2D eigenvalue weighted by Gasteiger charge is -2.09. The second kappa shape index (κ2) is 8.34. The minimum Gasteiger partial charge on any atom is -0.490 e. The molecule has 0 radical (unpaired) electrons. The monoisotopic (exact) mass is 257 g/mol. The fourth-order valence-electron chi connectivity index (χ4n) is 1.35. The summed E-state index contributed by atoms with van der Waals surface area (Å²) in [5.41, 5.74) is 6.52. The lowest BCUT2D eigenvalue weighted by molar-refractivity contribution is 0.0981. The first-order valence-electron chi connectivity index (χ1n) is 5.97. The van der Waals surface area contributed by atoms with Crippen LogP contribution in [-0.2, 0) is 11.3 Å². The molecule has 96 valence electrons. The molecule has 0 atom stereocenters. The number of ether oxygens (including phenoxy) is 2. The van der Waals surface area contributed by atoms with E-state index in [-0.39, 0.29) is 0 Å². The van der Waals surface area contributed by atoms with E-state index in [4.69, 9.17) is 26.8 Å². The topological polar surface area (TPSA) is 44.5 Å². The zero-order valence-electron chi connectivity index (χ0n) is 10.2. The van der Waals surface area contributed by atoms with Gasteiger partial charge in [-0.05, 0) is 24.1 Å². The van der Waals surface area contributed by atoms with Crippen LogP contribution in [0.25, 0.3) is 0 Å². The average molecular weight is 258 g/mol. The molecule has 0 fully saturated rings. The third kappa shape index (κ3) is 5.39. The van der Waals surface area contributed by atoms with Gasteiger partial charge in [0, 0.05) is 13.2 Å². The largest absolute Gasteiger partial charge is 0.490 e. The predicted molar refractivity (Wildman–Crippen MR) is 70.6 cm³/mol. The molecule has 1 aromatic rings. The van der Waals surface area contributed by atoms with Crippen LogP contribution >= 0.6 is 11.6 Å². The molecule has 0 saturated carbocycles. The molecule has 0 aliphatic carbocycles. The van der Waals surface area contributed by atoms with Crippen molar-refractivity contribution >= 4 is 11.6 Å². The number of benzene rings is 1. The first-order valence-corrected chi connectivity index (χ1v) is 6.34. The predicted octanol–water partition coefficient (Wildman–Crippen LogP) is 2.99. The number of unbranched alkanes of at least 4 members (excludes halogenated alkanes) is 1. The fourth-order valence-corrected chi connectivity index (χ4v) is 1.61. The molecule has 0 saturated heterocycles. The minimum absolute atomic E-state index is 0.486. The van der Waals surface area contributed by atoms with Crippen LogP contribution in [0.15, 0.2) is 18.2 Å². The van der Waals surface area contributed by atoms with E-state index in [1.54, 1.807) is 0 Å². The maximum atomic E-state index is 6.05. The zero-order valence-corrected chi connectivity index (χ0v) is 11.0. The van der Waals surface area contributed by atoms with Crippen molar-refractivity contribution in [1.82, 2.24) is 0 Å². The molecular weight excluding hydrogens is 238 g/mol. The highest BCUT2D eigenvalue weighted by Crippen LogP contribution is 2.25. The molecule has 0 heterocycles. The van der Waals surface area contributed by atoms with Gasteiger partial charge < -0.3 is 15.2 Å². The summed E-state index contributed by atoms with van der Waals surface area (Å²) in [6.07, 6.45) is 2.24. The summed E-state index contributed by atoms with van der Waals surface area (Å²) in [6.45, 7) is 4.53. The van der Waals surface area contributed by atoms with Gasteiger partial charge in [-0.15, -0.1) is 0 Å². The Kier molecular flexibility index (Phi) is 7.01. The Morgan fingerprint density at radius 2 is 2.06 bits per heavy atom. The van der Waals surface area contributed by atoms with E-state index < -0.39 is 0 Å². The zero-order chi connectivity index (χ0) is 12.5. The Morgan fingerprint density at radius 1 is 1.24 bits per heavy atom. The SMILES string of the molecule is CCCCOCCOc1ccc(CN)cc1Cl. The molecule has 3 nitrogen and oxygen atoms in total. The van der Waals surface area contributed by atoms with Crippen LogP contribution in [0.3, 0.4) is 0 Å². The van der Waals surface area contributed by atoms with Crippen molar-refractivity contribution in [3.63, 3.8) is 0 Å². The van der Waals surface area contributed by atoms with E-state index in [1.165, 1.54) is 0 Å². The van der Waals surface area contributed by atoms with Crippen LogP contribution in [-0.4, -0.2) is 19.8 Å². The van der Waals surface area contributed by atoms with Gasteiger partial charge in [-0.3, -0.25) is 0 Å². The quantitative estimate of drug-likeness (QED) is 0.728. The molecule has 2 N–H and O–H groups in total. The summed E-state index contributed by atoms with van der Waals surface area (Å²) in [5, 5.41) is 0.599. The number of hydrogen-bond acceptors (Lipinski definition) is 3. The average Bonchev–Trinajstić information content (AvgIpc) is 2.35. The van der Waals surface area contributed by atoms with Crippen molar-refractivity contribution in [2.75, 3.05) is 19.8 Å². The Hall–Kier alpha value is -0.770. The Balaban J connectivity index is 2.27. The molecule has 0 spiro atoms. The van der Waals surface area contributed by atoms with Gasteiger partial charge in [0.1, 0.15) is 12.4 Å². The van der Waals surface area contributed by atoms with Crippen LogP contribution in [0.1, 0.15) is 25.3 Å². The van der Waals surface area contributed by atoms with Gasteiger partial charge in [-0.2, -0.15) is 0 Å². The molecule has 17 heavy (non-hydrogen) atoms. The molecule has 0 aliphatic rings. The van der Waals surface area contributed by atoms with Crippen molar-refractivity contribution in [3.8, 4) is 5.75 Å². The molecule has 0 aliphatic heterocycles. The molecule has 0 aromatic heterocycles. The Bertz CT molecular complexity index is 331. The van der Waals surface area contributed by atoms with Crippen molar-refractivity contribution < 1.29 is 9.47 Å². The first kappa shape index (κ1) is 14.3. The highest BCUT2D eigenvalue weighted by molar-refractivity contribution is 6.32. The lowest BCUT2D eigenvalue weighted by atomic mass is 10.2. The molecule has 1 aromatic carbocycles. The molecule has 0 amide bonds. The number of hydrogen-bond donors (Lipinski definition) is 1. The van der Waals surface area contributed by atoms with E-state index in [1.807, 2.05) is 18.2 Å². The number of nitrogens with two attached hydrogens (primary N) is 1. The van der Waals surface area contributed by atoms with Crippen molar-refractivity contribution in [2.24, 2.45) is 5.73 Å². The summed E-state index contributed by atoms with van der Waals surface area (Å²) >= 11 is 6.05. The number of rotatable bonds is 8. The molecule has 0 unspecified atom stereocenters. The Morgan fingerprint density at radius 3 is 2.71 bits per heavy atom. The van der Waals surface area contributed by atoms with E-state index in [9.17, 15) is 0 Å². The molecule has 0 bridgehead atoms. The summed E-state index contributed by atoms with van der Waals surface area (Å²) in [6, 6.07) is 5.59. The molecular formula is C13H20ClNO2. The van der Waals surface area contributed by atoms with Crippen LogP contribution < -0.4 is 10.5 Å². The van der Waals surface area contributed by atoms with Crippen LogP contribution in [0.4, 0.5) is 0 Å². The fraction of sp³-hybridized carbons (Fsp3) is 0.538. The standard InChI is InChI=1S/C13H20ClNO2/c1-2-3-6-16-7-8-17-13-5-4-11(10-15)9-12(13)14/h4-5,9H,2-3,6-8,10,15H2,1H3. The van der Waals surface area contributed by atoms with E-state index in [0.29, 0.717) is 30.5 Å². The van der Waals surface area contributed by atoms with Gasteiger partial charge in [0.05, 0.1) is 11.6 Å².